The predicted octanol–water partition coefficient (Wildman–Crippen LogP) is 1.26. The van der Waals surface area contributed by atoms with Crippen molar-refractivity contribution in [3.05, 3.63) is 35.4 Å². The van der Waals surface area contributed by atoms with Crippen molar-refractivity contribution in [1.82, 2.24) is 14.7 Å². The summed E-state index contributed by atoms with van der Waals surface area (Å²) in [7, 11) is 0. The van der Waals surface area contributed by atoms with Crippen LogP contribution >= 0.6 is 0 Å². The molecule has 1 saturated heterocycles. The van der Waals surface area contributed by atoms with Crippen molar-refractivity contribution in [2.45, 2.75) is 26.3 Å². The van der Waals surface area contributed by atoms with Gasteiger partial charge in [-0.1, -0.05) is 24.3 Å². The number of hydrogen-bond donors (Lipinski definition) is 0. The summed E-state index contributed by atoms with van der Waals surface area (Å²) in [4.78, 5) is 41.7. The Morgan fingerprint density at radius 3 is 2.19 bits per heavy atom. The van der Waals surface area contributed by atoms with Crippen LogP contribution in [-0.4, -0.2) is 71.9 Å². The van der Waals surface area contributed by atoms with Gasteiger partial charge in [-0.15, -0.1) is 0 Å². The lowest BCUT2D eigenvalue weighted by molar-refractivity contribution is -0.142. The first-order chi connectivity index (χ1) is 12.6. The zero-order valence-electron chi connectivity index (χ0n) is 15.1. The summed E-state index contributed by atoms with van der Waals surface area (Å²) in [5.41, 5.74) is 2.43. The molecule has 1 aromatic rings. The maximum absolute atomic E-state index is 12.5. The minimum absolute atomic E-state index is 0.110. The number of carbonyl (C=O) groups excluding carboxylic acids is 3. The minimum atomic E-state index is -0.345. The van der Waals surface area contributed by atoms with E-state index in [-0.39, 0.29) is 24.3 Å². The van der Waals surface area contributed by atoms with E-state index >= 15 is 0 Å². The normalized spacial score (nSPS) is 16.9. The molecule has 0 spiro atoms. The van der Waals surface area contributed by atoms with Gasteiger partial charge in [0.1, 0.15) is 6.42 Å². The van der Waals surface area contributed by atoms with Crippen LogP contribution in [0.15, 0.2) is 24.3 Å². The number of rotatable bonds is 3. The van der Waals surface area contributed by atoms with Crippen LogP contribution in [0.5, 0.6) is 0 Å². The van der Waals surface area contributed by atoms with E-state index in [4.69, 9.17) is 4.74 Å². The average molecular weight is 359 g/mol. The smallest absolute Gasteiger partial charge is 0.409 e. The van der Waals surface area contributed by atoms with Gasteiger partial charge in [0.25, 0.3) is 0 Å². The third-order valence-electron chi connectivity index (χ3n) is 4.94. The van der Waals surface area contributed by atoms with Gasteiger partial charge in [0.2, 0.25) is 11.8 Å². The summed E-state index contributed by atoms with van der Waals surface area (Å²) >= 11 is 0. The van der Waals surface area contributed by atoms with Gasteiger partial charge in [0.05, 0.1) is 6.61 Å². The summed E-state index contributed by atoms with van der Waals surface area (Å²) < 4.78 is 4.97. The molecular formula is C19H25N3O4. The number of amides is 3. The summed E-state index contributed by atoms with van der Waals surface area (Å²) in [6.07, 6.45) is 0.373. The lowest BCUT2D eigenvalue weighted by Gasteiger charge is -2.34. The fraction of sp³-hybridized carbons (Fsp3) is 0.526. The largest absolute Gasteiger partial charge is 0.450 e. The molecule has 3 rings (SSSR count). The first-order valence-electron chi connectivity index (χ1n) is 9.12. The predicted molar refractivity (Wildman–Crippen MR) is 95.4 cm³/mol. The summed E-state index contributed by atoms with van der Waals surface area (Å²) in [5, 5.41) is 0. The van der Waals surface area contributed by atoms with Crippen molar-refractivity contribution in [2.75, 3.05) is 39.3 Å². The zero-order chi connectivity index (χ0) is 18.5. The number of piperazine rings is 1. The van der Waals surface area contributed by atoms with Gasteiger partial charge in [-0.05, 0) is 24.5 Å². The van der Waals surface area contributed by atoms with E-state index in [1.54, 1.807) is 21.6 Å². The molecule has 2 aliphatic rings. The molecule has 26 heavy (non-hydrogen) atoms. The number of hydrogen-bond acceptors (Lipinski definition) is 4. The third-order valence-corrected chi connectivity index (χ3v) is 4.94. The maximum atomic E-state index is 12.5. The van der Waals surface area contributed by atoms with Crippen molar-refractivity contribution in [3.63, 3.8) is 0 Å². The molecule has 0 bridgehead atoms. The van der Waals surface area contributed by atoms with Gasteiger partial charge < -0.3 is 19.4 Å². The second-order valence-electron chi connectivity index (χ2n) is 6.58. The molecule has 0 unspecified atom stereocenters. The lowest BCUT2D eigenvalue weighted by atomic mass is 10.00. The minimum Gasteiger partial charge on any atom is -0.450 e. The Bertz CT molecular complexity index is 683. The number of ether oxygens (including phenoxy) is 1. The number of nitrogens with zero attached hydrogens (tertiary/aromatic N) is 3. The molecule has 1 aromatic carbocycles. The average Bonchev–Trinajstić information content (AvgIpc) is 2.67. The summed E-state index contributed by atoms with van der Waals surface area (Å²) in [6.45, 7) is 5.08. The topological polar surface area (TPSA) is 70.2 Å². The molecule has 0 aromatic heterocycles. The van der Waals surface area contributed by atoms with E-state index < -0.39 is 0 Å². The second kappa shape index (κ2) is 8.21. The highest BCUT2D eigenvalue weighted by Crippen LogP contribution is 2.19. The van der Waals surface area contributed by atoms with Crippen LogP contribution in [0.3, 0.4) is 0 Å². The Morgan fingerprint density at radius 1 is 0.885 bits per heavy atom. The molecule has 0 radical (unpaired) electrons. The molecular weight excluding hydrogens is 334 g/mol. The third kappa shape index (κ3) is 4.15. The molecule has 2 heterocycles. The SMILES string of the molecule is CCOC(=O)N1CCN(C(=O)CC(=O)N2CCc3ccccc3C2)CC1. The van der Waals surface area contributed by atoms with E-state index in [9.17, 15) is 14.4 Å². The molecule has 1 fully saturated rings. The first kappa shape index (κ1) is 18.2. The molecule has 0 saturated carbocycles. The molecule has 7 heteroatoms. The second-order valence-corrected chi connectivity index (χ2v) is 6.58. The van der Waals surface area contributed by atoms with E-state index in [0.29, 0.717) is 45.9 Å². The van der Waals surface area contributed by atoms with Crippen molar-refractivity contribution in [3.8, 4) is 0 Å². The van der Waals surface area contributed by atoms with Gasteiger partial charge >= 0.3 is 6.09 Å². The van der Waals surface area contributed by atoms with E-state index in [1.807, 2.05) is 18.2 Å². The van der Waals surface area contributed by atoms with Crippen LogP contribution in [0.2, 0.25) is 0 Å². The van der Waals surface area contributed by atoms with Gasteiger partial charge in [0.15, 0.2) is 0 Å². The molecule has 7 nitrogen and oxygen atoms in total. The van der Waals surface area contributed by atoms with Gasteiger partial charge in [-0.2, -0.15) is 0 Å². The van der Waals surface area contributed by atoms with Crippen LogP contribution in [0, 0.1) is 0 Å². The van der Waals surface area contributed by atoms with Crippen LogP contribution in [0.25, 0.3) is 0 Å². The number of fused-ring (bicyclic) bond motifs is 1. The Labute approximate surface area is 153 Å². The van der Waals surface area contributed by atoms with E-state index in [0.717, 1.165) is 12.0 Å². The van der Waals surface area contributed by atoms with E-state index in [1.165, 1.54) is 5.56 Å². The lowest BCUT2D eigenvalue weighted by Crippen LogP contribution is -2.51. The highest BCUT2D eigenvalue weighted by molar-refractivity contribution is 5.97. The van der Waals surface area contributed by atoms with Crippen LogP contribution in [0.4, 0.5) is 4.79 Å². The fourth-order valence-corrected chi connectivity index (χ4v) is 3.41. The summed E-state index contributed by atoms with van der Waals surface area (Å²) in [5.74, 6) is -0.297. The molecule has 2 aliphatic heterocycles. The molecule has 0 N–H and O–H groups in total. The Hall–Kier alpha value is -2.57. The fourth-order valence-electron chi connectivity index (χ4n) is 3.41. The molecule has 0 aliphatic carbocycles. The molecule has 140 valence electrons. The number of benzene rings is 1. The van der Waals surface area contributed by atoms with Crippen molar-refractivity contribution >= 4 is 17.9 Å². The zero-order valence-corrected chi connectivity index (χ0v) is 15.1. The highest BCUT2D eigenvalue weighted by atomic mass is 16.6. The Kier molecular flexibility index (Phi) is 5.75. The van der Waals surface area contributed by atoms with Crippen LogP contribution in [-0.2, 0) is 27.3 Å². The maximum Gasteiger partial charge on any atom is 0.409 e. The van der Waals surface area contributed by atoms with Crippen LogP contribution in [0.1, 0.15) is 24.5 Å². The van der Waals surface area contributed by atoms with Gasteiger partial charge in [0, 0.05) is 39.3 Å². The van der Waals surface area contributed by atoms with Crippen molar-refractivity contribution in [2.24, 2.45) is 0 Å². The number of carbonyl (C=O) groups is 3. The quantitative estimate of drug-likeness (QED) is 0.762. The van der Waals surface area contributed by atoms with Crippen molar-refractivity contribution in [1.29, 1.82) is 0 Å². The first-order valence-corrected chi connectivity index (χ1v) is 9.12. The monoisotopic (exact) mass is 359 g/mol. The van der Waals surface area contributed by atoms with Gasteiger partial charge in [-0.25, -0.2) is 4.79 Å². The Balaban J connectivity index is 1.48. The highest BCUT2D eigenvalue weighted by Gasteiger charge is 2.28. The Morgan fingerprint density at radius 2 is 1.50 bits per heavy atom. The summed E-state index contributed by atoms with van der Waals surface area (Å²) in [6, 6.07) is 8.10. The molecule has 0 atom stereocenters. The van der Waals surface area contributed by atoms with E-state index in [2.05, 4.69) is 6.07 Å². The van der Waals surface area contributed by atoms with Crippen molar-refractivity contribution < 1.29 is 19.1 Å². The molecule has 3 amide bonds. The standard InChI is InChI=1S/C19H25N3O4/c1-2-26-19(25)21-11-9-20(10-12-21)17(23)13-18(24)22-8-7-15-5-3-4-6-16(15)14-22/h3-6H,2,7-14H2,1H3. The van der Waals surface area contributed by atoms with Gasteiger partial charge in [-0.3, -0.25) is 9.59 Å². The van der Waals surface area contributed by atoms with Crippen LogP contribution < -0.4 is 0 Å².